The molecule has 0 spiro atoms. The summed E-state index contributed by atoms with van der Waals surface area (Å²) < 4.78 is 6.29. The average molecular weight is 595 g/mol. The highest BCUT2D eigenvalue weighted by Gasteiger charge is 2.36. The van der Waals surface area contributed by atoms with E-state index >= 15 is 0 Å². The van der Waals surface area contributed by atoms with Crippen molar-refractivity contribution >= 4 is 21.5 Å². The van der Waals surface area contributed by atoms with Crippen molar-refractivity contribution in [3.63, 3.8) is 0 Å². The van der Waals surface area contributed by atoms with Crippen LogP contribution in [-0.4, -0.2) is 5.60 Å². The van der Waals surface area contributed by atoms with Gasteiger partial charge in [-0.3, -0.25) is 0 Å². The zero-order valence-electron chi connectivity index (χ0n) is 27.2. The van der Waals surface area contributed by atoms with Crippen LogP contribution in [0.2, 0.25) is 0 Å². The molecule has 0 unspecified atom stereocenters. The Morgan fingerprint density at radius 2 is 0.870 bits per heavy atom. The van der Waals surface area contributed by atoms with Gasteiger partial charge in [0.25, 0.3) is 0 Å². The maximum atomic E-state index is 6.29. The zero-order chi connectivity index (χ0) is 31.6. The second-order valence-corrected chi connectivity index (χ2v) is 14.1. The summed E-state index contributed by atoms with van der Waals surface area (Å²) in [7, 11) is 0. The van der Waals surface area contributed by atoms with Gasteiger partial charge in [-0.25, -0.2) is 0 Å². The van der Waals surface area contributed by atoms with Crippen molar-refractivity contribution in [3.05, 3.63) is 151 Å². The Hall–Kier alpha value is -5.14. The summed E-state index contributed by atoms with van der Waals surface area (Å²) in [5.41, 5.74) is 12.4. The molecule has 7 aromatic carbocycles. The van der Waals surface area contributed by atoms with Crippen molar-refractivity contribution in [1.82, 2.24) is 0 Å². The molecular weight excluding hydrogens is 556 g/mol. The van der Waals surface area contributed by atoms with E-state index in [2.05, 4.69) is 174 Å². The molecular formula is C45H38O. The maximum absolute atomic E-state index is 6.29. The first-order valence-electron chi connectivity index (χ1n) is 16.3. The molecule has 1 heteroatoms. The number of fused-ring (bicyclic) bond motifs is 5. The lowest BCUT2D eigenvalue weighted by molar-refractivity contribution is 0.130. The third-order valence-corrected chi connectivity index (χ3v) is 9.57. The monoisotopic (exact) mass is 594 g/mol. The van der Waals surface area contributed by atoms with E-state index in [0.29, 0.717) is 0 Å². The summed E-state index contributed by atoms with van der Waals surface area (Å²) in [4.78, 5) is 0. The fourth-order valence-electron chi connectivity index (χ4n) is 7.50. The van der Waals surface area contributed by atoms with E-state index in [1.165, 1.54) is 77.2 Å². The highest BCUT2D eigenvalue weighted by Crippen LogP contribution is 2.52. The van der Waals surface area contributed by atoms with E-state index in [9.17, 15) is 0 Å². The SMILES string of the molecule is CC(C)(C)Oc1ccc2c(c1)C(C)(C)c1cc(-c3c4ccccc4c(-c4ccc(-c5ccccc5)cc4)c4ccccc34)ccc1-2. The smallest absolute Gasteiger partial charge is 0.120 e. The van der Waals surface area contributed by atoms with Crippen LogP contribution in [0.4, 0.5) is 0 Å². The summed E-state index contributed by atoms with van der Waals surface area (Å²) >= 11 is 0. The van der Waals surface area contributed by atoms with Crippen LogP contribution in [0.15, 0.2) is 140 Å². The molecule has 8 rings (SSSR count). The van der Waals surface area contributed by atoms with Gasteiger partial charge in [-0.1, -0.05) is 135 Å². The third-order valence-electron chi connectivity index (χ3n) is 9.57. The van der Waals surface area contributed by atoms with Crippen LogP contribution < -0.4 is 4.74 Å². The van der Waals surface area contributed by atoms with E-state index in [-0.39, 0.29) is 11.0 Å². The first kappa shape index (κ1) is 28.3. The molecule has 0 bridgehead atoms. The van der Waals surface area contributed by atoms with Crippen molar-refractivity contribution < 1.29 is 4.74 Å². The molecule has 0 aromatic heterocycles. The Labute approximate surface area is 272 Å². The molecule has 0 radical (unpaired) electrons. The second-order valence-electron chi connectivity index (χ2n) is 14.1. The lowest BCUT2D eigenvalue weighted by Crippen LogP contribution is -2.23. The third kappa shape index (κ3) is 4.62. The largest absolute Gasteiger partial charge is 0.488 e. The fraction of sp³-hybridized carbons (Fsp3) is 0.156. The van der Waals surface area contributed by atoms with Crippen LogP contribution in [-0.2, 0) is 5.41 Å². The normalized spacial score (nSPS) is 13.5. The van der Waals surface area contributed by atoms with Crippen molar-refractivity contribution in [3.8, 4) is 50.3 Å². The summed E-state index contributed by atoms with van der Waals surface area (Å²) in [5, 5.41) is 5.10. The summed E-state index contributed by atoms with van der Waals surface area (Å²) in [6.07, 6.45) is 0. The van der Waals surface area contributed by atoms with Crippen LogP contribution in [0, 0.1) is 0 Å². The van der Waals surface area contributed by atoms with Crippen LogP contribution in [0.5, 0.6) is 5.75 Å². The fourth-order valence-corrected chi connectivity index (χ4v) is 7.50. The van der Waals surface area contributed by atoms with E-state index in [1.54, 1.807) is 0 Å². The van der Waals surface area contributed by atoms with Crippen molar-refractivity contribution in [2.24, 2.45) is 0 Å². The minimum atomic E-state index is -0.241. The van der Waals surface area contributed by atoms with Gasteiger partial charge < -0.3 is 4.74 Å². The van der Waals surface area contributed by atoms with Crippen LogP contribution >= 0.6 is 0 Å². The van der Waals surface area contributed by atoms with Gasteiger partial charge in [0.1, 0.15) is 11.4 Å². The molecule has 46 heavy (non-hydrogen) atoms. The highest BCUT2D eigenvalue weighted by molar-refractivity contribution is 6.21. The molecule has 0 heterocycles. The van der Waals surface area contributed by atoms with Gasteiger partial charge in [-0.15, -0.1) is 0 Å². The van der Waals surface area contributed by atoms with Crippen molar-refractivity contribution in [2.45, 2.75) is 45.6 Å². The minimum absolute atomic E-state index is 0.149. The van der Waals surface area contributed by atoms with E-state index in [4.69, 9.17) is 4.74 Å². The Balaban J connectivity index is 1.30. The van der Waals surface area contributed by atoms with E-state index in [0.717, 1.165) is 5.75 Å². The molecule has 0 aliphatic heterocycles. The van der Waals surface area contributed by atoms with Crippen molar-refractivity contribution in [1.29, 1.82) is 0 Å². The molecule has 1 nitrogen and oxygen atoms in total. The molecule has 0 fully saturated rings. The van der Waals surface area contributed by atoms with E-state index in [1.807, 2.05) is 0 Å². The number of benzene rings is 7. The van der Waals surface area contributed by atoms with Gasteiger partial charge in [-0.05, 0) is 116 Å². The lowest BCUT2D eigenvalue weighted by Gasteiger charge is -2.25. The Morgan fingerprint density at radius 1 is 0.435 bits per heavy atom. The standard InChI is InChI=1S/C45H38O/c1-44(2,3)46-33-24-26-35-34-25-23-32(27-40(34)45(4,5)41(35)28-33)43-38-17-11-9-15-36(38)42(37-16-10-12-18-39(37)43)31-21-19-30(20-22-31)29-13-7-6-8-14-29/h6-28H,1-5H3. The molecule has 7 aromatic rings. The molecule has 0 saturated carbocycles. The number of ether oxygens (including phenoxy) is 1. The number of hydrogen-bond acceptors (Lipinski definition) is 1. The molecule has 0 saturated heterocycles. The lowest BCUT2D eigenvalue weighted by atomic mass is 9.80. The topological polar surface area (TPSA) is 9.23 Å². The van der Waals surface area contributed by atoms with Gasteiger partial charge in [0, 0.05) is 5.41 Å². The van der Waals surface area contributed by atoms with Crippen LogP contribution in [0.25, 0.3) is 66.1 Å². The summed E-state index contributed by atoms with van der Waals surface area (Å²) in [5.74, 6) is 0.928. The summed E-state index contributed by atoms with van der Waals surface area (Å²) in [6.45, 7) is 11.0. The molecule has 0 amide bonds. The van der Waals surface area contributed by atoms with E-state index < -0.39 is 0 Å². The Kier molecular flexibility index (Phi) is 6.44. The Morgan fingerprint density at radius 3 is 1.43 bits per heavy atom. The molecule has 224 valence electrons. The van der Waals surface area contributed by atoms with Gasteiger partial charge in [0.15, 0.2) is 0 Å². The number of rotatable bonds is 4. The second kappa shape index (κ2) is 10.5. The van der Waals surface area contributed by atoms with Gasteiger partial charge in [0.2, 0.25) is 0 Å². The minimum Gasteiger partial charge on any atom is -0.488 e. The molecule has 0 N–H and O–H groups in total. The Bertz CT molecular complexity index is 2210. The maximum Gasteiger partial charge on any atom is 0.120 e. The zero-order valence-corrected chi connectivity index (χ0v) is 27.2. The molecule has 0 atom stereocenters. The number of hydrogen-bond donors (Lipinski definition) is 0. The predicted octanol–water partition coefficient (Wildman–Crippen LogP) is 12.5. The molecule has 1 aliphatic rings. The average Bonchev–Trinajstić information content (AvgIpc) is 3.28. The summed E-state index contributed by atoms with van der Waals surface area (Å²) in [6, 6.07) is 51.2. The first-order valence-corrected chi connectivity index (χ1v) is 16.3. The first-order chi connectivity index (χ1) is 22.2. The highest BCUT2D eigenvalue weighted by atomic mass is 16.5. The van der Waals surface area contributed by atoms with Gasteiger partial charge in [-0.2, -0.15) is 0 Å². The van der Waals surface area contributed by atoms with Crippen LogP contribution in [0.1, 0.15) is 45.7 Å². The molecule has 1 aliphatic carbocycles. The van der Waals surface area contributed by atoms with Crippen molar-refractivity contribution in [2.75, 3.05) is 0 Å². The van der Waals surface area contributed by atoms with Gasteiger partial charge >= 0.3 is 0 Å². The van der Waals surface area contributed by atoms with Crippen LogP contribution in [0.3, 0.4) is 0 Å². The van der Waals surface area contributed by atoms with Gasteiger partial charge in [0.05, 0.1) is 0 Å². The quantitative estimate of drug-likeness (QED) is 0.184. The predicted molar refractivity (Wildman–Crippen MR) is 196 cm³/mol.